The van der Waals surface area contributed by atoms with E-state index in [1.54, 1.807) is 12.1 Å². The highest BCUT2D eigenvalue weighted by atomic mass is 16.5. The van der Waals surface area contributed by atoms with Gasteiger partial charge in [0.25, 0.3) is 0 Å². The molecule has 0 radical (unpaired) electrons. The first-order valence-electron chi connectivity index (χ1n) is 11.5. The molecule has 0 aromatic heterocycles. The number of aromatic carboxylic acids is 1. The van der Waals surface area contributed by atoms with Gasteiger partial charge in [0.1, 0.15) is 11.9 Å². The van der Waals surface area contributed by atoms with Crippen LogP contribution in [-0.2, 0) is 6.42 Å². The van der Waals surface area contributed by atoms with Crippen LogP contribution in [-0.4, -0.2) is 39.6 Å². The number of aryl methyl sites for hydroxylation is 1. The Hall–Kier alpha value is -1.85. The van der Waals surface area contributed by atoms with Crippen LogP contribution in [0.25, 0.3) is 0 Å². The Bertz CT molecular complexity index is 743. The van der Waals surface area contributed by atoms with Gasteiger partial charge in [-0.15, -0.1) is 0 Å². The summed E-state index contributed by atoms with van der Waals surface area (Å²) >= 11 is 0. The van der Waals surface area contributed by atoms with E-state index in [2.05, 4.69) is 13.8 Å². The third-order valence-electron chi connectivity index (χ3n) is 6.93. The molecule has 1 aromatic rings. The van der Waals surface area contributed by atoms with Crippen molar-refractivity contribution in [1.82, 2.24) is 0 Å². The molecule has 3 rings (SSSR count). The number of aliphatic hydroxyl groups excluding tert-OH is 2. The molecule has 5 heteroatoms. The molecule has 5 nitrogen and oxygen atoms in total. The van der Waals surface area contributed by atoms with E-state index in [1.807, 2.05) is 18.2 Å². The third kappa shape index (κ3) is 5.25. The molecule has 166 valence electrons. The van der Waals surface area contributed by atoms with Crippen LogP contribution in [0.4, 0.5) is 0 Å². The fraction of sp³-hybridized carbons (Fsp3) is 0.640. The number of ether oxygens (including phenoxy) is 1. The molecule has 1 heterocycles. The van der Waals surface area contributed by atoms with Gasteiger partial charge in [-0.2, -0.15) is 0 Å². The molecule has 0 bridgehead atoms. The summed E-state index contributed by atoms with van der Waals surface area (Å²) in [6.07, 6.45) is 10.2. The molecule has 30 heavy (non-hydrogen) atoms. The van der Waals surface area contributed by atoms with E-state index in [1.165, 1.54) is 0 Å². The molecule has 1 unspecified atom stereocenters. The van der Waals surface area contributed by atoms with Crippen LogP contribution in [0.2, 0.25) is 0 Å². The number of unbranched alkanes of at least 4 members (excludes halogenated alkanes) is 1. The molecular weight excluding hydrogens is 380 g/mol. The Labute approximate surface area is 179 Å². The molecule has 0 amide bonds. The fourth-order valence-electron chi connectivity index (χ4n) is 5.07. The number of aliphatic hydroxyl groups is 2. The highest BCUT2D eigenvalue weighted by Gasteiger charge is 2.43. The van der Waals surface area contributed by atoms with Gasteiger partial charge in [0.2, 0.25) is 0 Å². The number of benzene rings is 1. The minimum Gasteiger partial charge on any atom is -0.490 e. The predicted molar refractivity (Wildman–Crippen MR) is 117 cm³/mol. The minimum atomic E-state index is -0.963. The molecule has 0 saturated heterocycles. The predicted octanol–water partition coefficient (Wildman–Crippen LogP) is 4.60. The normalized spacial score (nSPS) is 28.1. The molecule has 3 N–H and O–H groups in total. The third-order valence-corrected chi connectivity index (χ3v) is 6.93. The van der Waals surface area contributed by atoms with Gasteiger partial charge >= 0.3 is 5.97 Å². The zero-order chi connectivity index (χ0) is 21.7. The average Bonchev–Trinajstić information content (AvgIpc) is 2.99. The molecule has 6 atom stereocenters. The van der Waals surface area contributed by atoms with E-state index in [9.17, 15) is 20.1 Å². The van der Waals surface area contributed by atoms with Gasteiger partial charge in [0.05, 0.1) is 17.8 Å². The summed E-state index contributed by atoms with van der Waals surface area (Å²) in [4.78, 5) is 11.3. The van der Waals surface area contributed by atoms with Crippen molar-refractivity contribution in [2.24, 2.45) is 17.8 Å². The van der Waals surface area contributed by atoms with E-state index in [-0.39, 0.29) is 29.4 Å². The summed E-state index contributed by atoms with van der Waals surface area (Å²) in [7, 11) is 0. The summed E-state index contributed by atoms with van der Waals surface area (Å²) in [5.41, 5.74) is 1.26. The maximum atomic E-state index is 11.3. The summed E-state index contributed by atoms with van der Waals surface area (Å²) in [5, 5.41) is 30.7. The van der Waals surface area contributed by atoms with Gasteiger partial charge in [-0.3, -0.25) is 0 Å². The summed E-state index contributed by atoms with van der Waals surface area (Å²) < 4.78 is 6.26. The van der Waals surface area contributed by atoms with Crippen molar-refractivity contribution in [2.75, 3.05) is 0 Å². The molecular formula is C25H36O5. The van der Waals surface area contributed by atoms with Crippen LogP contribution in [0.1, 0.15) is 74.7 Å². The zero-order valence-electron chi connectivity index (χ0n) is 18.2. The number of carboxylic acids is 1. The van der Waals surface area contributed by atoms with Crippen molar-refractivity contribution in [3.8, 4) is 5.75 Å². The molecule has 0 spiro atoms. The lowest BCUT2D eigenvalue weighted by atomic mass is 9.85. The topological polar surface area (TPSA) is 87.0 Å². The standard InChI is InChI=1S/C25H36O5/c1-3-5-7-16(4-2)21(26)13-12-19-20-9-6-8-17-10-11-18(25(28)29)14-23(17)30-24(20)15-22(19)27/h10-14,16,19-22,24,26-27H,3-9,15H2,1-2H3,(H,28,29)/b13-12+/t16-,19+,20+,21?,22+,24-/m0/s1. The van der Waals surface area contributed by atoms with E-state index in [0.29, 0.717) is 12.2 Å². The molecule has 1 aliphatic heterocycles. The summed E-state index contributed by atoms with van der Waals surface area (Å²) in [6.45, 7) is 4.28. The SMILES string of the molecule is CCCC[C@H](CC)C(O)/C=C/[C@@H]1[C@H]2CCCc3ccc(C(=O)O)cc3O[C@H]2C[C@H]1O. The van der Waals surface area contributed by atoms with E-state index < -0.39 is 18.2 Å². The van der Waals surface area contributed by atoms with Crippen LogP contribution in [0, 0.1) is 17.8 Å². The smallest absolute Gasteiger partial charge is 0.335 e. The summed E-state index contributed by atoms with van der Waals surface area (Å²) in [5.74, 6) is 0.0469. The molecule has 1 fully saturated rings. The van der Waals surface area contributed by atoms with Gasteiger partial charge in [-0.1, -0.05) is 51.3 Å². The number of carboxylic acid groups (broad SMARTS) is 1. The zero-order valence-corrected chi connectivity index (χ0v) is 18.2. The Morgan fingerprint density at radius 3 is 2.83 bits per heavy atom. The van der Waals surface area contributed by atoms with E-state index in [0.717, 1.165) is 50.5 Å². The fourth-order valence-corrected chi connectivity index (χ4v) is 5.07. The lowest BCUT2D eigenvalue weighted by molar-refractivity contribution is 0.0695. The highest BCUT2D eigenvalue weighted by molar-refractivity contribution is 5.88. The number of rotatable bonds is 8. The molecule has 1 aliphatic carbocycles. The Morgan fingerprint density at radius 1 is 1.33 bits per heavy atom. The molecule has 1 saturated carbocycles. The lowest BCUT2D eigenvalue weighted by Crippen LogP contribution is -2.27. The number of hydrogen-bond acceptors (Lipinski definition) is 4. The van der Waals surface area contributed by atoms with Crippen LogP contribution >= 0.6 is 0 Å². The number of carbonyl (C=O) groups is 1. The second kappa shape index (κ2) is 10.5. The van der Waals surface area contributed by atoms with E-state index in [4.69, 9.17) is 4.74 Å². The molecule has 2 aliphatic rings. The van der Waals surface area contributed by atoms with E-state index >= 15 is 0 Å². The lowest BCUT2D eigenvalue weighted by Gasteiger charge is -2.28. The average molecular weight is 417 g/mol. The molecule has 1 aromatic carbocycles. The first-order chi connectivity index (χ1) is 14.4. The van der Waals surface area contributed by atoms with Crippen LogP contribution in [0.15, 0.2) is 30.4 Å². The van der Waals surface area contributed by atoms with Crippen molar-refractivity contribution in [2.45, 2.75) is 83.5 Å². The van der Waals surface area contributed by atoms with Crippen LogP contribution in [0.5, 0.6) is 5.75 Å². The van der Waals surface area contributed by atoms with Gasteiger partial charge in [-0.05, 0) is 49.3 Å². The first kappa shape index (κ1) is 22.8. The first-order valence-corrected chi connectivity index (χ1v) is 11.5. The maximum absolute atomic E-state index is 11.3. The van der Waals surface area contributed by atoms with Crippen LogP contribution < -0.4 is 4.74 Å². The quantitative estimate of drug-likeness (QED) is 0.539. The second-order valence-electron chi connectivity index (χ2n) is 8.91. The van der Waals surface area contributed by atoms with Gasteiger partial charge < -0.3 is 20.1 Å². The second-order valence-corrected chi connectivity index (χ2v) is 8.91. The van der Waals surface area contributed by atoms with Gasteiger partial charge in [0, 0.05) is 18.3 Å². The van der Waals surface area contributed by atoms with Crippen molar-refractivity contribution in [3.63, 3.8) is 0 Å². The number of hydrogen-bond donors (Lipinski definition) is 3. The maximum Gasteiger partial charge on any atom is 0.335 e. The van der Waals surface area contributed by atoms with Gasteiger partial charge in [-0.25, -0.2) is 4.79 Å². The Kier molecular flexibility index (Phi) is 7.95. The van der Waals surface area contributed by atoms with Gasteiger partial charge in [0.15, 0.2) is 0 Å². The van der Waals surface area contributed by atoms with Crippen LogP contribution in [0.3, 0.4) is 0 Å². The number of fused-ring (bicyclic) bond motifs is 2. The Balaban J connectivity index is 1.73. The Morgan fingerprint density at radius 2 is 2.13 bits per heavy atom. The minimum absolute atomic E-state index is 0.0439. The van der Waals surface area contributed by atoms with Crippen molar-refractivity contribution in [3.05, 3.63) is 41.5 Å². The van der Waals surface area contributed by atoms with Crippen molar-refractivity contribution >= 4 is 5.97 Å². The monoisotopic (exact) mass is 416 g/mol. The largest absolute Gasteiger partial charge is 0.490 e. The highest BCUT2D eigenvalue weighted by Crippen LogP contribution is 2.42. The van der Waals surface area contributed by atoms with Crippen molar-refractivity contribution < 1.29 is 24.9 Å². The van der Waals surface area contributed by atoms with Crippen molar-refractivity contribution in [1.29, 1.82) is 0 Å². The summed E-state index contributed by atoms with van der Waals surface area (Å²) in [6, 6.07) is 5.08.